The standard InChI is InChI=1S/C14H15N3/c1-9-7-14-16-10(2)13(8-15)17(14)12-6-4-3-5-11(9)12/h3-7H,8,15H2,1-2H3. The van der Waals surface area contributed by atoms with E-state index in [1.54, 1.807) is 0 Å². The molecule has 2 N–H and O–H groups in total. The SMILES string of the molecule is Cc1nc2cc(C)c3ccccc3n2c1CN. The number of nitrogens with two attached hydrogens (primary N) is 1. The second kappa shape index (κ2) is 3.57. The predicted molar refractivity (Wildman–Crippen MR) is 70.1 cm³/mol. The normalized spacial score (nSPS) is 11.5. The van der Waals surface area contributed by atoms with Crippen molar-refractivity contribution in [2.45, 2.75) is 20.4 Å². The summed E-state index contributed by atoms with van der Waals surface area (Å²) in [5.41, 5.74) is 11.4. The maximum absolute atomic E-state index is 5.83. The Morgan fingerprint density at radius 1 is 1.24 bits per heavy atom. The molecule has 3 aromatic rings. The molecule has 0 aliphatic rings. The average molecular weight is 225 g/mol. The van der Waals surface area contributed by atoms with Crippen LogP contribution in [-0.4, -0.2) is 9.38 Å². The number of hydrogen-bond acceptors (Lipinski definition) is 2. The Labute approximate surface area is 99.9 Å². The van der Waals surface area contributed by atoms with Crippen molar-refractivity contribution in [3.05, 3.63) is 47.3 Å². The Kier molecular flexibility index (Phi) is 2.16. The van der Waals surface area contributed by atoms with E-state index in [1.165, 1.54) is 16.5 Å². The fraction of sp³-hybridized carbons (Fsp3) is 0.214. The Balaban J connectivity index is 2.60. The summed E-state index contributed by atoms with van der Waals surface area (Å²) in [7, 11) is 0. The van der Waals surface area contributed by atoms with E-state index in [1.807, 2.05) is 6.92 Å². The maximum atomic E-state index is 5.83. The zero-order valence-corrected chi connectivity index (χ0v) is 10.1. The van der Waals surface area contributed by atoms with Crippen LogP contribution >= 0.6 is 0 Å². The second-order valence-corrected chi connectivity index (χ2v) is 4.39. The molecule has 2 aromatic heterocycles. The lowest BCUT2D eigenvalue weighted by Gasteiger charge is -2.07. The molecule has 17 heavy (non-hydrogen) atoms. The number of pyridine rings is 1. The summed E-state index contributed by atoms with van der Waals surface area (Å²) in [5.74, 6) is 0. The molecular formula is C14H15N3. The Morgan fingerprint density at radius 2 is 2.00 bits per heavy atom. The molecule has 0 aliphatic carbocycles. The van der Waals surface area contributed by atoms with Crippen LogP contribution in [0.2, 0.25) is 0 Å². The van der Waals surface area contributed by atoms with Crippen molar-refractivity contribution in [3.8, 4) is 0 Å². The third-order valence-electron chi connectivity index (χ3n) is 3.31. The zero-order valence-electron chi connectivity index (χ0n) is 10.1. The van der Waals surface area contributed by atoms with Crippen molar-refractivity contribution >= 4 is 16.6 Å². The molecule has 0 unspecified atom stereocenters. The largest absolute Gasteiger partial charge is 0.325 e. The van der Waals surface area contributed by atoms with Gasteiger partial charge in [0.2, 0.25) is 0 Å². The fourth-order valence-corrected chi connectivity index (χ4v) is 2.46. The summed E-state index contributed by atoms with van der Waals surface area (Å²) in [6.45, 7) is 4.65. The number of imidazole rings is 1. The summed E-state index contributed by atoms with van der Waals surface area (Å²) >= 11 is 0. The van der Waals surface area contributed by atoms with Gasteiger partial charge in [0.1, 0.15) is 5.65 Å². The molecule has 0 aliphatic heterocycles. The van der Waals surface area contributed by atoms with Gasteiger partial charge < -0.3 is 5.73 Å². The zero-order chi connectivity index (χ0) is 12.0. The van der Waals surface area contributed by atoms with Gasteiger partial charge in [-0.05, 0) is 31.5 Å². The Hall–Kier alpha value is -1.87. The van der Waals surface area contributed by atoms with Crippen LogP contribution in [0.4, 0.5) is 0 Å². The highest BCUT2D eigenvalue weighted by molar-refractivity contribution is 5.85. The lowest BCUT2D eigenvalue weighted by atomic mass is 10.1. The highest BCUT2D eigenvalue weighted by atomic mass is 15.0. The summed E-state index contributed by atoms with van der Waals surface area (Å²) in [6.07, 6.45) is 0. The van der Waals surface area contributed by atoms with Gasteiger partial charge in [-0.2, -0.15) is 0 Å². The first-order valence-corrected chi connectivity index (χ1v) is 5.78. The van der Waals surface area contributed by atoms with Gasteiger partial charge >= 0.3 is 0 Å². The highest BCUT2D eigenvalue weighted by Gasteiger charge is 2.11. The maximum Gasteiger partial charge on any atom is 0.138 e. The van der Waals surface area contributed by atoms with Gasteiger partial charge in [0.05, 0.1) is 16.9 Å². The summed E-state index contributed by atoms with van der Waals surface area (Å²) in [4.78, 5) is 4.58. The van der Waals surface area contributed by atoms with Crippen molar-refractivity contribution in [1.29, 1.82) is 0 Å². The van der Waals surface area contributed by atoms with Crippen molar-refractivity contribution in [3.63, 3.8) is 0 Å². The third-order valence-corrected chi connectivity index (χ3v) is 3.31. The average Bonchev–Trinajstić information content (AvgIpc) is 2.65. The van der Waals surface area contributed by atoms with Crippen LogP contribution in [0.25, 0.3) is 16.6 Å². The van der Waals surface area contributed by atoms with E-state index in [9.17, 15) is 0 Å². The van der Waals surface area contributed by atoms with Gasteiger partial charge in [-0.3, -0.25) is 4.40 Å². The topological polar surface area (TPSA) is 43.3 Å². The van der Waals surface area contributed by atoms with E-state index in [2.05, 4.69) is 46.6 Å². The fourth-order valence-electron chi connectivity index (χ4n) is 2.46. The first-order valence-electron chi connectivity index (χ1n) is 5.78. The van der Waals surface area contributed by atoms with Crippen molar-refractivity contribution in [2.75, 3.05) is 0 Å². The minimum absolute atomic E-state index is 0.514. The molecule has 0 saturated heterocycles. The van der Waals surface area contributed by atoms with Gasteiger partial charge in [-0.15, -0.1) is 0 Å². The van der Waals surface area contributed by atoms with Gasteiger partial charge in [0, 0.05) is 11.9 Å². The number of hydrogen-bond donors (Lipinski definition) is 1. The van der Waals surface area contributed by atoms with Crippen molar-refractivity contribution in [1.82, 2.24) is 9.38 Å². The first kappa shape index (κ1) is 10.3. The quantitative estimate of drug-likeness (QED) is 0.691. The van der Waals surface area contributed by atoms with Gasteiger partial charge in [0.25, 0.3) is 0 Å². The molecule has 0 spiro atoms. The van der Waals surface area contributed by atoms with Crippen LogP contribution < -0.4 is 5.73 Å². The lowest BCUT2D eigenvalue weighted by molar-refractivity contribution is 0.961. The van der Waals surface area contributed by atoms with Gasteiger partial charge in [-0.25, -0.2) is 4.98 Å². The number of nitrogens with zero attached hydrogens (tertiary/aromatic N) is 2. The lowest BCUT2D eigenvalue weighted by Crippen LogP contribution is -2.03. The molecule has 0 bridgehead atoms. The number of aryl methyl sites for hydroxylation is 2. The number of para-hydroxylation sites is 1. The third kappa shape index (κ3) is 1.36. The molecule has 0 saturated carbocycles. The Bertz CT molecular complexity index is 710. The summed E-state index contributed by atoms with van der Waals surface area (Å²) in [5, 5.41) is 1.26. The van der Waals surface area contributed by atoms with E-state index in [4.69, 9.17) is 5.73 Å². The van der Waals surface area contributed by atoms with Crippen LogP contribution in [-0.2, 0) is 6.54 Å². The van der Waals surface area contributed by atoms with Gasteiger partial charge in [0.15, 0.2) is 0 Å². The molecule has 0 atom stereocenters. The number of rotatable bonds is 1. The second-order valence-electron chi connectivity index (χ2n) is 4.39. The molecule has 3 nitrogen and oxygen atoms in total. The number of aromatic nitrogens is 2. The molecular weight excluding hydrogens is 210 g/mol. The monoisotopic (exact) mass is 225 g/mol. The van der Waals surface area contributed by atoms with E-state index in [-0.39, 0.29) is 0 Å². The molecule has 2 heterocycles. The molecule has 3 rings (SSSR count). The minimum atomic E-state index is 0.514. The van der Waals surface area contributed by atoms with Crippen LogP contribution in [0.3, 0.4) is 0 Å². The first-order chi connectivity index (χ1) is 8.22. The van der Waals surface area contributed by atoms with E-state index in [0.29, 0.717) is 6.54 Å². The highest BCUT2D eigenvalue weighted by Crippen LogP contribution is 2.23. The van der Waals surface area contributed by atoms with E-state index < -0.39 is 0 Å². The Morgan fingerprint density at radius 3 is 2.76 bits per heavy atom. The molecule has 1 aromatic carbocycles. The van der Waals surface area contributed by atoms with Crippen LogP contribution in [0.15, 0.2) is 30.3 Å². The van der Waals surface area contributed by atoms with Crippen LogP contribution in [0.1, 0.15) is 17.0 Å². The van der Waals surface area contributed by atoms with Crippen molar-refractivity contribution in [2.24, 2.45) is 5.73 Å². The molecule has 0 radical (unpaired) electrons. The van der Waals surface area contributed by atoms with E-state index in [0.717, 1.165) is 17.0 Å². The molecule has 3 heteroatoms. The van der Waals surface area contributed by atoms with Gasteiger partial charge in [-0.1, -0.05) is 18.2 Å². The smallest absolute Gasteiger partial charge is 0.138 e. The van der Waals surface area contributed by atoms with Crippen LogP contribution in [0.5, 0.6) is 0 Å². The minimum Gasteiger partial charge on any atom is -0.325 e. The summed E-state index contributed by atoms with van der Waals surface area (Å²) in [6, 6.07) is 10.5. The number of fused-ring (bicyclic) bond motifs is 3. The summed E-state index contributed by atoms with van der Waals surface area (Å²) < 4.78 is 2.16. The molecule has 86 valence electrons. The van der Waals surface area contributed by atoms with Crippen molar-refractivity contribution < 1.29 is 0 Å². The van der Waals surface area contributed by atoms with E-state index >= 15 is 0 Å². The number of benzene rings is 1. The molecule has 0 fully saturated rings. The predicted octanol–water partition coefficient (Wildman–Crippen LogP) is 2.56. The van der Waals surface area contributed by atoms with Crippen LogP contribution in [0, 0.1) is 13.8 Å². The molecule has 0 amide bonds.